The minimum atomic E-state index is 0.225. The van der Waals surface area contributed by atoms with E-state index in [0.29, 0.717) is 0 Å². The lowest BCUT2D eigenvalue weighted by atomic mass is 9.89. The molecule has 1 rings (SSSR count). The quantitative estimate of drug-likeness (QED) is 0.798. The fourth-order valence-corrected chi connectivity index (χ4v) is 1.81. The molecule has 0 unspecified atom stereocenters. The summed E-state index contributed by atoms with van der Waals surface area (Å²) in [6.45, 7) is 8.16. The minimum absolute atomic E-state index is 0.225. The van der Waals surface area contributed by atoms with Crippen LogP contribution in [-0.4, -0.2) is 20.2 Å². The number of hydrogen-bond donors (Lipinski definition) is 2. The van der Waals surface area contributed by atoms with Gasteiger partial charge in [0.25, 0.3) is 0 Å². The lowest BCUT2D eigenvalue weighted by Gasteiger charge is -2.25. The molecule has 0 bridgehead atoms. The fraction of sp³-hybridized carbons (Fsp3) is 0.571. The van der Waals surface area contributed by atoms with Gasteiger partial charge in [0.1, 0.15) is 5.75 Å². The summed E-state index contributed by atoms with van der Waals surface area (Å²) >= 11 is 0. The number of methoxy groups -OCH3 is 1. The Bertz CT molecular complexity index is 361. The summed E-state index contributed by atoms with van der Waals surface area (Å²) in [5.41, 5.74) is 8.11. The molecule has 1 aromatic carbocycles. The number of aryl methyl sites for hydroxylation is 1. The topological polar surface area (TPSA) is 47.3 Å². The Morgan fingerprint density at radius 2 is 2.06 bits per heavy atom. The van der Waals surface area contributed by atoms with Gasteiger partial charge < -0.3 is 15.8 Å². The van der Waals surface area contributed by atoms with Gasteiger partial charge in [0, 0.05) is 12.2 Å². The van der Waals surface area contributed by atoms with Crippen molar-refractivity contribution in [2.75, 3.05) is 25.5 Å². The van der Waals surface area contributed by atoms with Gasteiger partial charge in [0.2, 0.25) is 0 Å². The fourth-order valence-electron chi connectivity index (χ4n) is 1.81. The van der Waals surface area contributed by atoms with Crippen LogP contribution in [0.3, 0.4) is 0 Å². The second-order valence-electron chi connectivity index (χ2n) is 5.24. The van der Waals surface area contributed by atoms with E-state index in [-0.39, 0.29) is 5.41 Å². The van der Waals surface area contributed by atoms with Gasteiger partial charge in [0.15, 0.2) is 0 Å². The zero-order valence-electron chi connectivity index (χ0n) is 11.3. The van der Waals surface area contributed by atoms with Crippen molar-refractivity contribution in [2.24, 2.45) is 11.1 Å². The van der Waals surface area contributed by atoms with Crippen molar-refractivity contribution in [3.8, 4) is 5.75 Å². The summed E-state index contributed by atoms with van der Waals surface area (Å²) < 4.78 is 5.24. The van der Waals surface area contributed by atoms with Crippen LogP contribution in [0.2, 0.25) is 0 Å². The number of nitrogens with one attached hydrogen (secondary N) is 1. The second-order valence-corrected chi connectivity index (χ2v) is 5.24. The minimum Gasteiger partial charge on any atom is -0.496 e. The summed E-state index contributed by atoms with van der Waals surface area (Å²) in [4.78, 5) is 0. The molecule has 0 aliphatic carbocycles. The van der Waals surface area contributed by atoms with Gasteiger partial charge in [-0.05, 0) is 49.1 Å². The average molecular weight is 236 g/mol. The lowest BCUT2D eigenvalue weighted by molar-refractivity contribution is 0.365. The number of hydrogen-bond acceptors (Lipinski definition) is 3. The summed E-state index contributed by atoms with van der Waals surface area (Å²) in [5, 5.41) is 3.45. The van der Waals surface area contributed by atoms with Crippen molar-refractivity contribution < 1.29 is 4.74 Å². The summed E-state index contributed by atoms with van der Waals surface area (Å²) in [6.07, 6.45) is 1.02. The van der Waals surface area contributed by atoms with Gasteiger partial charge in [-0.15, -0.1) is 0 Å². The molecule has 17 heavy (non-hydrogen) atoms. The predicted molar refractivity (Wildman–Crippen MR) is 73.7 cm³/mol. The molecule has 0 amide bonds. The molecule has 3 heteroatoms. The molecular weight excluding hydrogens is 212 g/mol. The van der Waals surface area contributed by atoms with E-state index < -0.39 is 0 Å². The first kappa shape index (κ1) is 13.8. The number of nitrogens with two attached hydrogens (primary N) is 1. The van der Waals surface area contributed by atoms with E-state index in [1.807, 2.05) is 12.1 Å². The highest BCUT2D eigenvalue weighted by Crippen LogP contribution is 2.24. The Kier molecular flexibility index (Phi) is 4.82. The van der Waals surface area contributed by atoms with Crippen LogP contribution in [0.5, 0.6) is 5.75 Å². The average Bonchev–Trinajstić information content (AvgIpc) is 2.27. The number of benzene rings is 1. The van der Waals surface area contributed by atoms with Gasteiger partial charge in [-0.3, -0.25) is 0 Å². The van der Waals surface area contributed by atoms with E-state index >= 15 is 0 Å². The molecule has 0 fully saturated rings. The highest BCUT2D eigenvalue weighted by Gasteiger charge is 2.16. The normalized spacial score (nSPS) is 11.4. The molecule has 0 aromatic heterocycles. The third-order valence-electron chi connectivity index (χ3n) is 2.99. The van der Waals surface area contributed by atoms with Crippen LogP contribution < -0.4 is 15.8 Å². The molecule has 0 atom stereocenters. The standard InChI is InChI=1S/C14H24N2O/c1-11-9-12(5-6-13(11)17-4)16-10-14(2,3)7-8-15/h5-6,9,16H,7-8,10,15H2,1-4H3. The second kappa shape index (κ2) is 5.92. The van der Waals surface area contributed by atoms with Crippen molar-refractivity contribution in [1.29, 1.82) is 0 Å². The molecule has 0 spiro atoms. The van der Waals surface area contributed by atoms with Crippen LogP contribution in [0, 0.1) is 12.3 Å². The largest absolute Gasteiger partial charge is 0.496 e. The Hall–Kier alpha value is -1.22. The summed E-state index contributed by atoms with van der Waals surface area (Å²) in [5.74, 6) is 0.928. The molecule has 0 radical (unpaired) electrons. The van der Waals surface area contributed by atoms with Crippen LogP contribution >= 0.6 is 0 Å². The number of ether oxygens (including phenoxy) is 1. The monoisotopic (exact) mass is 236 g/mol. The van der Waals surface area contributed by atoms with E-state index in [2.05, 4.69) is 32.2 Å². The maximum Gasteiger partial charge on any atom is 0.121 e. The van der Waals surface area contributed by atoms with Gasteiger partial charge in [0.05, 0.1) is 7.11 Å². The van der Waals surface area contributed by atoms with Crippen molar-refractivity contribution in [1.82, 2.24) is 0 Å². The van der Waals surface area contributed by atoms with E-state index in [4.69, 9.17) is 10.5 Å². The smallest absolute Gasteiger partial charge is 0.121 e. The third-order valence-corrected chi connectivity index (χ3v) is 2.99. The maximum atomic E-state index is 5.60. The molecule has 0 aliphatic heterocycles. The molecule has 96 valence electrons. The Labute approximate surface area is 104 Å². The van der Waals surface area contributed by atoms with Crippen molar-refractivity contribution in [3.05, 3.63) is 23.8 Å². The molecule has 3 N–H and O–H groups in total. The van der Waals surface area contributed by atoms with E-state index in [9.17, 15) is 0 Å². The molecular formula is C14H24N2O. The molecule has 1 aromatic rings. The summed E-state index contributed by atoms with van der Waals surface area (Å²) in [7, 11) is 1.69. The molecule has 0 saturated carbocycles. The highest BCUT2D eigenvalue weighted by atomic mass is 16.5. The van der Waals surface area contributed by atoms with Crippen LogP contribution in [0.4, 0.5) is 5.69 Å². The van der Waals surface area contributed by atoms with Crippen molar-refractivity contribution >= 4 is 5.69 Å². The van der Waals surface area contributed by atoms with Gasteiger partial charge in [-0.25, -0.2) is 0 Å². The van der Waals surface area contributed by atoms with Crippen LogP contribution in [-0.2, 0) is 0 Å². The predicted octanol–water partition coefficient (Wildman–Crippen LogP) is 2.79. The van der Waals surface area contributed by atoms with Crippen LogP contribution in [0.1, 0.15) is 25.8 Å². The highest BCUT2D eigenvalue weighted by molar-refractivity contribution is 5.50. The summed E-state index contributed by atoms with van der Waals surface area (Å²) in [6, 6.07) is 6.15. The molecule has 0 saturated heterocycles. The Morgan fingerprint density at radius 3 is 2.59 bits per heavy atom. The number of rotatable bonds is 6. The first-order valence-corrected chi connectivity index (χ1v) is 6.07. The van der Waals surface area contributed by atoms with Gasteiger partial charge in [-0.2, -0.15) is 0 Å². The van der Waals surface area contributed by atoms with Crippen molar-refractivity contribution in [3.63, 3.8) is 0 Å². The van der Waals surface area contributed by atoms with Crippen LogP contribution in [0.25, 0.3) is 0 Å². The number of anilines is 1. The zero-order valence-corrected chi connectivity index (χ0v) is 11.3. The molecule has 3 nitrogen and oxygen atoms in total. The van der Waals surface area contributed by atoms with E-state index in [1.165, 1.54) is 0 Å². The first-order valence-electron chi connectivity index (χ1n) is 6.07. The van der Waals surface area contributed by atoms with Gasteiger partial charge in [-0.1, -0.05) is 13.8 Å². The molecule has 0 heterocycles. The Balaban J connectivity index is 2.61. The van der Waals surface area contributed by atoms with Gasteiger partial charge >= 0.3 is 0 Å². The van der Waals surface area contributed by atoms with E-state index in [0.717, 1.165) is 36.5 Å². The molecule has 0 aliphatic rings. The lowest BCUT2D eigenvalue weighted by Crippen LogP contribution is -2.26. The first-order chi connectivity index (χ1) is 7.98. The van der Waals surface area contributed by atoms with Crippen LogP contribution in [0.15, 0.2) is 18.2 Å². The maximum absolute atomic E-state index is 5.60. The van der Waals surface area contributed by atoms with E-state index in [1.54, 1.807) is 7.11 Å². The third kappa shape index (κ3) is 4.27. The van der Waals surface area contributed by atoms with Crippen molar-refractivity contribution in [2.45, 2.75) is 27.2 Å². The Morgan fingerprint density at radius 1 is 1.35 bits per heavy atom. The SMILES string of the molecule is COc1ccc(NCC(C)(C)CCN)cc1C. The zero-order chi connectivity index (χ0) is 12.9.